The second-order valence-corrected chi connectivity index (χ2v) is 7.25. The molecule has 0 bridgehead atoms. The second-order valence-electron chi connectivity index (χ2n) is 6.43. The highest BCUT2D eigenvalue weighted by molar-refractivity contribution is 6.42. The minimum absolute atomic E-state index is 0.0305. The molecule has 0 atom stereocenters. The van der Waals surface area contributed by atoms with Crippen molar-refractivity contribution in [3.63, 3.8) is 0 Å². The van der Waals surface area contributed by atoms with Gasteiger partial charge >= 0.3 is 11.9 Å². The highest BCUT2D eigenvalue weighted by atomic mass is 35.5. The zero-order chi connectivity index (χ0) is 22.0. The number of aliphatic imine (C=N–C) groups is 1. The number of benzene rings is 3. The normalized spacial score (nSPS) is 14.4. The third kappa shape index (κ3) is 4.82. The van der Waals surface area contributed by atoms with E-state index in [0.29, 0.717) is 21.9 Å². The number of halogens is 3. The van der Waals surface area contributed by atoms with Crippen LogP contribution in [0.2, 0.25) is 10.0 Å². The number of rotatable bonds is 4. The molecule has 154 valence electrons. The average Bonchev–Trinajstić information content (AvgIpc) is 3.12. The number of cyclic esters (lactones) is 1. The van der Waals surface area contributed by atoms with Crippen molar-refractivity contribution in [2.45, 2.75) is 0 Å². The van der Waals surface area contributed by atoms with E-state index in [9.17, 15) is 14.0 Å². The maximum atomic E-state index is 13.4. The zero-order valence-corrected chi connectivity index (χ0v) is 17.2. The van der Waals surface area contributed by atoms with E-state index < -0.39 is 17.8 Å². The number of hydrogen-bond acceptors (Lipinski definition) is 5. The van der Waals surface area contributed by atoms with Gasteiger partial charge in [-0.2, -0.15) is 0 Å². The van der Waals surface area contributed by atoms with Gasteiger partial charge in [0.1, 0.15) is 11.6 Å². The van der Waals surface area contributed by atoms with E-state index in [-0.39, 0.29) is 22.2 Å². The van der Waals surface area contributed by atoms with Gasteiger partial charge in [0.2, 0.25) is 5.90 Å². The molecule has 1 aliphatic heterocycles. The van der Waals surface area contributed by atoms with Gasteiger partial charge in [-0.1, -0.05) is 41.4 Å². The molecule has 0 aliphatic carbocycles. The summed E-state index contributed by atoms with van der Waals surface area (Å²) in [5.41, 5.74) is 1.32. The van der Waals surface area contributed by atoms with Crippen molar-refractivity contribution < 1.29 is 23.5 Å². The Morgan fingerprint density at radius 3 is 2.48 bits per heavy atom. The molecule has 0 amide bonds. The standard InChI is InChI=1S/C23H12Cl2FNO4/c24-18-9-6-15(12-19(18)25)22(28)30-17-7-4-13(5-8-17)10-20-23(29)31-21(27-20)14-2-1-3-16(26)11-14/h1-12H/b20-10-. The van der Waals surface area contributed by atoms with Gasteiger partial charge < -0.3 is 9.47 Å². The van der Waals surface area contributed by atoms with Crippen molar-refractivity contribution in [1.29, 1.82) is 0 Å². The summed E-state index contributed by atoms with van der Waals surface area (Å²) in [6, 6.07) is 16.5. The summed E-state index contributed by atoms with van der Waals surface area (Å²) in [5, 5.41) is 0.587. The van der Waals surface area contributed by atoms with Gasteiger partial charge in [0.15, 0.2) is 5.70 Å². The number of ether oxygens (including phenoxy) is 2. The average molecular weight is 456 g/mol. The molecule has 1 aliphatic rings. The Balaban J connectivity index is 1.49. The molecule has 0 saturated heterocycles. The highest BCUT2D eigenvalue weighted by Gasteiger charge is 2.24. The largest absolute Gasteiger partial charge is 0.423 e. The lowest BCUT2D eigenvalue weighted by atomic mass is 10.2. The molecule has 4 rings (SSSR count). The fourth-order valence-corrected chi connectivity index (χ4v) is 3.03. The summed E-state index contributed by atoms with van der Waals surface area (Å²) in [4.78, 5) is 28.4. The van der Waals surface area contributed by atoms with Gasteiger partial charge in [-0.3, -0.25) is 0 Å². The first-order valence-corrected chi connectivity index (χ1v) is 9.70. The molecule has 0 radical (unpaired) electrons. The number of hydrogen-bond donors (Lipinski definition) is 0. The topological polar surface area (TPSA) is 65.0 Å². The van der Waals surface area contributed by atoms with Crippen LogP contribution in [0.25, 0.3) is 6.08 Å². The minimum Gasteiger partial charge on any atom is -0.423 e. The summed E-state index contributed by atoms with van der Waals surface area (Å²) in [7, 11) is 0. The van der Waals surface area contributed by atoms with Crippen LogP contribution in [-0.4, -0.2) is 17.8 Å². The van der Waals surface area contributed by atoms with E-state index in [2.05, 4.69) is 4.99 Å². The summed E-state index contributed by atoms with van der Waals surface area (Å²) in [5.74, 6) is -1.36. The van der Waals surface area contributed by atoms with Gasteiger partial charge in [-0.05, 0) is 60.2 Å². The van der Waals surface area contributed by atoms with E-state index in [4.69, 9.17) is 32.7 Å². The molecular weight excluding hydrogens is 444 g/mol. The molecule has 0 aromatic heterocycles. The monoisotopic (exact) mass is 455 g/mol. The van der Waals surface area contributed by atoms with Gasteiger partial charge in [-0.15, -0.1) is 0 Å². The molecule has 5 nitrogen and oxygen atoms in total. The molecule has 0 unspecified atom stereocenters. The van der Waals surface area contributed by atoms with Crippen molar-refractivity contribution in [2.75, 3.05) is 0 Å². The predicted octanol–water partition coefficient (Wildman–Crippen LogP) is 5.70. The molecule has 0 spiro atoms. The predicted molar refractivity (Wildman–Crippen MR) is 115 cm³/mol. The second kappa shape index (κ2) is 8.71. The van der Waals surface area contributed by atoms with Crippen molar-refractivity contribution in [3.05, 3.63) is 105 Å². The van der Waals surface area contributed by atoms with Gasteiger partial charge in [0.25, 0.3) is 0 Å². The van der Waals surface area contributed by atoms with E-state index in [1.165, 1.54) is 42.5 Å². The molecule has 0 fully saturated rings. The minimum atomic E-state index is -0.644. The maximum Gasteiger partial charge on any atom is 0.363 e. The molecular formula is C23H12Cl2FNO4. The van der Waals surface area contributed by atoms with E-state index in [0.717, 1.165) is 0 Å². The molecule has 0 saturated carbocycles. The number of carbonyl (C=O) groups excluding carboxylic acids is 2. The smallest absolute Gasteiger partial charge is 0.363 e. The van der Waals surface area contributed by atoms with E-state index in [1.54, 1.807) is 30.3 Å². The van der Waals surface area contributed by atoms with Crippen LogP contribution in [0.3, 0.4) is 0 Å². The third-order valence-electron chi connectivity index (χ3n) is 4.24. The van der Waals surface area contributed by atoms with Crippen molar-refractivity contribution in [3.8, 4) is 5.75 Å². The molecule has 1 heterocycles. The summed E-state index contributed by atoms with van der Waals surface area (Å²) in [6.07, 6.45) is 1.51. The van der Waals surface area contributed by atoms with Crippen molar-refractivity contribution >= 4 is 47.1 Å². The number of carbonyl (C=O) groups is 2. The Kier molecular flexibility index (Phi) is 5.84. The first kappa shape index (κ1) is 20.8. The molecule has 3 aromatic rings. The van der Waals surface area contributed by atoms with Crippen LogP contribution < -0.4 is 4.74 Å². The number of esters is 2. The lowest BCUT2D eigenvalue weighted by Crippen LogP contribution is -2.08. The first-order chi connectivity index (χ1) is 14.9. The number of nitrogens with zero attached hydrogens (tertiary/aromatic N) is 1. The lowest BCUT2D eigenvalue weighted by molar-refractivity contribution is -0.129. The van der Waals surface area contributed by atoms with Gasteiger partial charge in [0, 0.05) is 5.56 Å². The first-order valence-electron chi connectivity index (χ1n) is 8.95. The van der Waals surface area contributed by atoms with E-state index >= 15 is 0 Å². The Bertz CT molecular complexity index is 1250. The summed E-state index contributed by atoms with van der Waals surface area (Å²) < 4.78 is 23.8. The Morgan fingerprint density at radius 1 is 1.00 bits per heavy atom. The molecule has 31 heavy (non-hydrogen) atoms. The van der Waals surface area contributed by atoms with Crippen LogP contribution in [0.5, 0.6) is 5.75 Å². The molecule has 0 N–H and O–H groups in total. The van der Waals surface area contributed by atoms with Crippen LogP contribution >= 0.6 is 23.2 Å². The van der Waals surface area contributed by atoms with Crippen molar-refractivity contribution in [1.82, 2.24) is 0 Å². The Hall–Kier alpha value is -3.48. The van der Waals surface area contributed by atoms with E-state index in [1.807, 2.05) is 0 Å². The fourth-order valence-electron chi connectivity index (χ4n) is 2.73. The maximum absolute atomic E-state index is 13.4. The Morgan fingerprint density at radius 2 is 1.77 bits per heavy atom. The Labute approximate surface area is 186 Å². The fraction of sp³-hybridized carbons (Fsp3) is 0. The lowest BCUT2D eigenvalue weighted by Gasteiger charge is -2.05. The SMILES string of the molecule is O=C1OC(c2cccc(F)c2)=N/C1=C\c1ccc(OC(=O)c2ccc(Cl)c(Cl)c2)cc1. The van der Waals surface area contributed by atoms with Crippen LogP contribution in [0.4, 0.5) is 4.39 Å². The van der Waals surface area contributed by atoms with Gasteiger partial charge in [0.05, 0.1) is 15.6 Å². The van der Waals surface area contributed by atoms with Crippen LogP contribution in [0.1, 0.15) is 21.5 Å². The summed E-state index contributed by atoms with van der Waals surface area (Å²) in [6.45, 7) is 0. The molecule has 8 heteroatoms. The third-order valence-corrected chi connectivity index (χ3v) is 4.98. The highest BCUT2D eigenvalue weighted by Crippen LogP contribution is 2.24. The van der Waals surface area contributed by atoms with Crippen LogP contribution in [0.15, 0.2) is 77.4 Å². The summed E-state index contributed by atoms with van der Waals surface area (Å²) >= 11 is 11.8. The van der Waals surface area contributed by atoms with Crippen LogP contribution in [0, 0.1) is 5.82 Å². The zero-order valence-electron chi connectivity index (χ0n) is 15.6. The van der Waals surface area contributed by atoms with Crippen molar-refractivity contribution in [2.24, 2.45) is 4.99 Å². The van der Waals surface area contributed by atoms with Crippen LogP contribution in [-0.2, 0) is 9.53 Å². The van der Waals surface area contributed by atoms with Gasteiger partial charge in [-0.25, -0.2) is 19.0 Å². The molecule has 3 aromatic carbocycles. The quantitative estimate of drug-likeness (QED) is 0.287.